The van der Waals surface area contributed by atoms with Crippen LogP contribution in [0.4, 0.5) is 0 Å². The summed E-state index contributed by atoms with van der Waals surface area (Å²) in [6.07, 6.45) is 8.78. The highest BCUT2D eigenvalue weighted by Crippen LogP contribution is 2.33. The Kier molecular flexibility index (Phi) is 4.64. The average molecular weight is 354 g/mol. The van der Waals surface area contributed by atoms with Gasteiger partial charge in [-0.25, -0.2) is 9.97 Å². The number of aromatic amines is 1. The Morgan fingerprint density at radius 3 is 3.00 bits per heavy atom. The van der Waals surface area contributed by atoms with Gasteiger partial charge in [0.25, 0.3) is 0 Å². The lowest BCUT2D eigenvalue weighted by Crippen LogP contribution is -2.35. The van der Waals surface area contributed by atoms with Gasteiger partial charge in [-0.2, -0.15) is 17.0 Å². The summed E-state index contributed by atoms with van der Waals surface area (Å²) in [6, 6.07) is 4.82. The Morgan fingerprint density at radius 2 is 2.24 bits per heavy atom. The van der Waals surface area contributed by atoms with Crippen molar-refractivity contribution in [3.05, 3.63) is 24.3 Å². The molecule has 4 rings (SSSR count). The maximum absolute atomic E-state index is 8.79. The van der Waals surface area contributed by atoms with Crippen LogP contribution in [-0.4, -0.2) is 50.3 Å². The van der Waals surface area contributed by atoms with Crippen LogP contribution in [0.25, 0.3) is 22.1 Å². The Balaban J connectivity index is 1.71. The van der Waals surface area contributed by atoms with Gasteiger partial charge in [0, 0.05) is 43.7 Å². The largest absolute Gasteiger partial charge is 0.346 e. The van der Waals surface area contributed by atoms with Crippen molar-refractivity contribution >= 4 is 33.8 Å². The fourth-order valence-electron chi connectivity index (χ4n) is 3.87. The molecule has 3 aromatic heterocycles. The van der Waals surface area contributed by atoms with Gasteiger partial charge in [0.1, 0.15) is 17.0 Å². The molecule has 0 saturated carbocycles. The number of H-pyrrole nitrogens is 1. The molecule has 6 nitrogen and oxygen atoms in total. The summed E-state index contributed by atoms with van der Waals surface area (Å²) in [5, 5.41) is 9.95. The second-order valence-electron chi connectivity index (χ2n) is 6.54. The van der Waals surface area contributed by atoms with Crippen molar-refractivity contribution in [3.8, 4) is 6.07 Å². The number of fused-ring (bicyclic) bond motifs is 3. The summed E-state index contributed by atoms with van der Waals surface area (Å²) in [4.78, 5) is 15.0. The number of likely N-dealkylation sites (tertiary alicyclic amines) is 1. The van der Waals surface area contributed by atoms with Crippen LogP contribution in [0.15, 0.2) is 18.5 Å². The van der Waals surface area contributed by atoms with Crippen molar-refractivity contribution in [3.63, 3.8) is 0 Å². The van der Waals surface area contributed by atoms with Gasteiger partial charge in [0.15, 0.2) is 0 Å². The van der Waals surface area contributed by atoms with E-state index in [9.17, 15) is 0 Å². The molecule has 0 unspecified atom stereocenters. The number of hydrogen-bond acceptors (Lipinski definition) is 5. The van der Waals surface area contributed by atoms with Crippen molar-refractivity contribution in [2.24, 2.45) is 0 Å². The normalized spacial score (nSPS) is 16.6. The molecule has 130 valence electrons. The summed E-state index contributed by atoms with van der Waals surface area (Å²) in [5.74, 6) is 2.06. The number of aromatic nitrogens is 4. The summed E-state index contributed by atoms with van der Waals surface area (Å²) in [7, 11) is 0. The number of hydrogen-bond donors (Lipinski definition) is 1. The van der Waals surface area contributed by atoms with E-state index in [-0.39, 0.29) is 0 Å². The van der Waals surface area contributed by atoms with E-state index in [4.69, 9.17) is 10.2 Å². The van der Waals surface area contributed by atoms with Crippen LogP contribution < -0.4 is 0 Å². The zero-order valence-corrected chi connectivity index (χ0v) is 15.2. The van der Waals surface area contributed by atoms with Gasteiger partial charge in [0.2, 0.25) is 0 Å². The molecule has 3 aromatic rings. The van der Waals surface area contributed by atoms with E-state index in [2.05, 4.69) is 37.8 Å². The molecule has 1 saturated heterocycles. The molecule has 1 fully saturated rings. The van der Waals surface area contributed by atoms with Crippen LogP contribution >= 0.6 is 11.8 Å². The zero-order valence-electron chi connectivity index (χ0n) is 14.4. The molecule has 0 radical (unpaired) electrons. The molecular weight excluding hydrogens is 332 g/mol. The molecule has 0 aromatic carbocycles. The van der Waals surface area contributed by atoms with Gasteiger partial charge >= 0.3 is 0 Å². The van der Waals surface area contributed by atoms with Crippen LogP contribution in [0.1, 0.15) is 31.1 Å². The molecule has 0 amide bonds. The second-order valence-corrected chi connectivity index (χ2v) is 7.41. The third-order valence-corrected chi connectivity index (χ3v) is 5.59. The van der Waals surface area contributed by atoms with Crippen molar-refractivity contribution in [1.29, 1.82) is 5.26 Å². The van der Waals surface area contributed by atoms with E-state index < -0.39 is 0 Å². The first-order valence-corrected chi connectivity index (χ1v) is 10.1. The molecule has 7 heteroatoms. The van der Waals surface area contributed by atoms with E-state index >= 15 is 0 Å². The van der Waals surface area contributed by atoms with Crippen molar-refractivity contribution in [2.75, 3.05) is 25.9 Å². The van der Waals surface area contributed by atoms with Gasteiger partial charge < -0.3 is 14.5 Å². The number of nitriles is 1. The summed E-state index contributed by atoms with van der Waals surface area (Å²) >= 11 is 1.81. The maximum Gasteiger partial charge on any atom is 0.139 e. The van der Waals surface area contributed by atoms with Gasteiger partial charge in [0.05, 0.1) is 23.5 Å². The highest BCUT2D eigenvalue weighted by molar-refractivity contribution is 7.97. The first-order valence-electron chi connectivity index (χ1n) is 8.73. The van der Waals surface area contributed by atoms with E-state index in [1.807, 2.05) is 24.2 Å². The first-order chi connectivity index (χ1) is 12.3. The van der Waals surface area contributed by atoms with E-state index in [1.165, 1.54) is 5.52 Å². The molecule has 0 aliphatic carbocycles. The number of thioether (sulfide) groups is 1. The van der Waals surface area contributed by atoms with Crippen LogP contribution in [0.5, 0.6) is 0 Å². The first kappa shape index (κ1) is 16.4. The topological polar surface area (TPSA) is 73.5 Å². The minimum atomic E-state index is 0.464. The number of imidazole rings is 1. The molecule has 1 N–H and O–H groups in total. The number of pyridine rings is 1. The predicted molar refractivity (Wildman–Crippen MR) is 102 cm³/mol. The predicted octanol–water partition coefficient (Wildman–Crippen LogP) is 3.33. The van der Waals surface area contributed by atoms with E-state index in [0.29, 0.717) is 12.5 Å². The van der Waals surface area contributed by atoms with Crippen LogP contribution in [0.2, 0.25) is 0 Å². The van der Waals surface area contributed by atoms with Crippen LogP contribution in [0.3, 0.4) is 0 Å². The SMILES string of the molecule is CSCc1nc2cnc3[nH]ccc3c2n1C1CCN(CCC#N)CC1. The number of nitrogens with one attached hydrogen (secondary N) is 1. The van der Waals surface area contributed by atoms with Crippen molar-refractivity contribution in [2.45, 2.75) is 31.1 Å². The Bertz CT molecular complexity index is 913. The van der Waals surface area contributed by atoms with E-state index in [1.54, 1.807) is 0 Å². The van der Waals surface area contributed by atoms with Gasteiger partial charge in [-0.15, -0.1) is 0 Å². The summed E-state index contributed by atoms with van der Waals surface area (Å²) < 4.78 is 2.46. The second kappa shape index (κ2) is 7.06. The fraction of sp³-hybridized carbons (Fsp3) is 0.500. The van der Waals surface area contributed by atoms with Gasteiger partial charge in [-0.05, 0) is 25.2 Å². The standard InChI is InChI=1S/C18H22N6S/c1-25-12-16-22-15-11-21-18-14(3-7-20-18)17(15)24(16)13-4-9-23(10-5-13)8-2-6-19/h3,7,11,13H,2,4-5,8-10,12H2,1H3,(H,20,21). The molecule has 25 heavy (non-hydrogen) atoms. The summed E-state index contributed by atoms with van der Waals surface area (Å²) in [6.45, 7) is 2.98. The molecule has 1 aliphatic rings. The lowest BCUT2D eigenvalue weighted by molar-refractivity contribution is 0.190. The maximum atomic E-state index is 8.79. The third-order valence-electron chi connectivity index (χ3n) is 5.04. The lowest BCUT2D eigenvalue weighted by Gasteiger charge is -2.33. The number of rotatable bonds is 5. The van der Waals surface area contributed by atoms with Gasteiger partial charge in [-0.1, -0.05) is 0 Å². The van der Waals surface area contributed by atoms with Gasteiger partial charge in [-0.3, -0.25) is 0 Å². The van der Waals surface area contributed by atoms with E-state index in [0.717, 1.165) is 60.6 Å². The highest BCUT2D eigenvalue weighted by Gasteiger charge is 2.25. The van der Waals surface area contributed by atoms with Crippen molar-refractivity contribution in [1.82, 2.24) is 24.4 Å². The summed E-state index contributed by atoms with van der Waals surface area (Å²) in [5.41, 5.74) is 3.13. The molecule has 0 atom stereocenters. The average Bonchev–Trinajstić information content (AvgIpc) is 3.24. The molecule has 4 heterocycles. The lowest BCUT2D eigenvalue weighted by atomic mass is 10.0. The quantitative estimate of drug-likeness (QED) is 0.761. The third kappa shape index (κ3) is 3.00. The Morgan fingerprint density at radius 1 is 1.40 bits per heavy atom. The molecule has 1 aliphatic heterocycles. The minimum absolute atomic E-state index is 0.464. The smallest absolute Gasteiger partial charge is 0.139 e. The number of nitrogens with zero attached hydrogens (tertiary/aromatic N) is 5. The van der Waals surface area contributed by atoms with Crippen LogP contribution in [0, 0.1) is 11.3 Å². The molecule has 0 bridgehead atoms. The van der Waals surface area contributed by atoms with Crippen molar-refractivity contribution < 1.29 is 0 Å². The highest BCUT2D eigenvalue weighted by atomic mass is 32.2. The Hall–Kier alpha value is -2.04. The number of piperidine rings is 1. The minimum Gasteiger partial charge on any atom is -0.346 e. The Labute approximate surface area is 151 Å². The zero-order chi connectivity index (χ0) is 17.2. The fourth-order valence-corrected chi connectivity index (χ4v) is 4.34. The van der Waals surface area contributed by atoms with Crippen LogP contribution in [-0.2, 0) is 5.75 Å². The monoisotopic (exact) mass is 354 g/mol. The molecule has 0 spiro atoms. The molecular formula is C18H22N6S.